The van der Waals surface area contributed by atoms with Gasteiger partial charge in [0, 0.05) is 59.2 Å². The Morgan fingerprint density at radius 2 is 2.00 bits per heavy atom. The molecule has 0 saturated carbocycles. The summed E-state index contributed by atoms with van der Waals surface area (Å²) >= 11 is 6.65. The van der Waals surface area contributed by atoms with Crippen LogP contribution in [0.1, 0.15) is 17.5 Å². The smallest absolute Gasteiger partial charge is 0.267 e. The molecule has 2 aromatic rings. The van der Waals surface area contributed by atoms with Crippen molar-refractivity contribution in [2.75, 3.05) is 64.5 Å². The summed E-state index contributed by atoms with van der Waals surface area (Å²) in [5.74, 6) is 0.381. The molecular weight excluding hydrogens is 474 g/mol. The van der Waals surface area contributed by atoms with Crippen LogP contribution in [0.2, 0.25) is 0 Å². The van der Waals surface area contributed by atoms with Crippen LogP contribution in [-0.2, 0) is 9.53 Å². The van der Waals surface area contributed by atoms with Crippen molar-refractivity contribution in [1.82, 2.24) is 19.2 Å². The average Bonchev–Trinajstić information content (AvgIpc) is 3.09. The molecule has 0 atom stereocenters. The fourth-order valence-electron chi connectivity index (χ4n) is 4.18. The minimum atomic E-state index is -0.217. The summed E-state index contributed by atoms with van der Waals surface area (Å²) in [6, 6.07) is 3.74. The number of thiocarbonyl (C=S) groups is 1. The number of nitrogens with zero attached hydrogens (tertiary/aromatic N) is 5. The van der Waals surface area contributed by atoms with Gasteiger partial charge in [-0.15, -0.1) is 0 Å². The van der Waals surface area contributed by atoms with Crippen molar-refractivity contribution in [3.8, 4) is 0 Å². The molecular formula is C23H29N5O4S2. The van der Waals surface area contributed by atoms with E-state index in [1.54, 1.807) is 24.3 Å². The van der Waals surface area contributed by atoms with E-state index in [1.807, 2.05) is 19.1 Å². The lowest BCUT2D eigenvalue weighted by atomic mass is 10.2. The highest BCUT2D eigenvalue weighted by molar-refractivity contribution is 8.26. The second-order valence-corrected chi connectivity index (χ2v) is 9.95. The molecule has 9 nitrogen and oxygen atoms in total. The lowest BCUT2D eigenvalue weighted by molar-refractivity contribution is -0.122. The molecule has 2 saturated heterocycles. The molecule has 2 aliphatic heterocycles. The Hall–Kier alpha value is -2.31. The van der Waals surface area contributed by atoms with Crippen molar-refractivity contribution >= 4 is 51.7 Å². The number of hydrogen-bond donors (Lipinski definition) is 1. The van der Waals surface area contributed by atoms with Gasteiger partial charge in [-0.05, 0) is 31.1 Å². The first kappa shape index (κ1) is 24.8. The molecule has 0 aromatic carbocycles. The van der Waals surface area contributed by atoms with Crippen LogP contribution < -0.4 is 10.5 Å². The zero-order valence-corrected chi connectivity index (χ0v) is 21.0. The molecule has 0 aliphatic carbocycles. The van der Waals surface area contributed by atoms with Gasteiger partial charge in [-0.1, -0.05) is 30.0 Å². The zero-order valence-electron chi connectivity index (χ0n) is 19.4. The van der Waals surface area contributed by atoms with E-state index < -0.39 is 0 Å². The van der Waals surface area contributed by atoms with Crippen molar-refractivity contribution < 1.29 is 14.6 Å². The van der Waals surface area contributed by atoms with Gasteiger partial charge in [0.15, 0.2) is 0 Å². The lowest BCUT2D eigenvalue weighted by Gasteiger charge is -2.35. The van der Waals surface area contributed by atoms with Gasteiger partial charge < -0.3 is 14.7 Å². The van der Waals surface area contributed by atoms with E-state index in [2.05, 4.69) is 9.80 Å². The number of carbonyl (C=O) groups is 1. The van der Waals surface area contributed by atoms with E-state index in [0.717, 1.165) is 18.7 Å². The molecule has 4 rings (SSSR count). The van der Waals surface area contributed by atoms with Crippen molar-refractivity contribution in [3.05, 3.63) is 44.7 Å². The number of anilines is 1. The minimum absolute atomic E-state index is 0.117. The molecule has 0 unspecified atom stereocenters. The van der Waals surface area contributed by atoms with E-state index in [1.165, 1.54) is 16.2 Å². The number of ether oxygens (including phenoxy) is 1. The largest absolute Gasteiger partial charge is 0.395 e. The number of piperazine rings is 1. The van der Waals surface area contributed by atoms with Crippen molar-refractivity contribution in [1.29, 1.82) is 0 Å². The van der Waals surface area contributed by atoms with E-state index in [0.29, 0.717) is 65.5 Å². The Kier molecular flexibility index (Phi) is 7.99. The second-order valence-electron chi connectivity index (χ2n) is 8.27. The number of aliphatic hydroxyl groups is 1. The van der Waals surface area contributed by atoms with E-state index in [4.69, 9.17) is 21.9 Å². The fraction of sp³-hybridized carbons (Fsp3) is 0.478. The third kappa shape index (κ3) is 5.03. The van der Waals surface area contributed by atoms with Crippen LogP contribution in [0.4, 0.5) is 5.82 Å². The maximum Gasteiger partial charge on any atom is 0.267 e. The van der Waals surface area contributed by atoms with Gasteiger partial charge >= 0.3 is 0 Å². The molecule has 34 heavy (non-hydrogen) atoms. The maximum atomic E-state index is 13.6. The Morgan fingerprint density at radius 3 is 2.71 bits per heavy atom. The highest BCUT2D eigenvalue weighted by Crippen LogP contribution is 2.33. The Labute approximate surface area is 208 Å². The molecule has 2 aliphatic rings. The van der Waals surface area contributed by atoms with Crippen molar-refractivity contribution in [3.63, 3.8) is 0 Å². The maximum absolute atomic E-state index is 13.6. The summed E-state index contributed by atoms with van der Waals surface area (Å²) in [5.41, 5.74) is 1.67. The van der Waals surface area contributed by atoms with Crippen LogP contribution in [0.25, 0.3) is 11.7 Å². The van der Waals surface area contributed by atoms with Crippen LogP contribution in [0.3, 0.4) is 0 Å². The molecule has 0 radical (unpaired) electrons. The Morgan fingerprint density at radius 1 is 1.24 bits per heavy atom. The predicted molar refractivity (Wildman–Crippen MR) is 138 cm³/mol. The van der Waals surface area contributed by atoms with Crippen LogP contribution in [0.5, 0.6) is 0 Å². The van der Waals surface area contributed by atoms with Crippen molar-refractivity contribution in [2.24, 2.45) is 0 Å². The summed E-state index contributed by atoms with van der Waals surface area (Å²) in [4.78, 5) is 37.8. The third-order valence-electron chi connectivity index (χ3n) is 6.03. The van der Waals surface area contributed by atoms with E-state index in [-0.39, 0.29) is 18.1 Å². The Bertz CT molecular complexity index is 1170. The van der Waals surface area contributed by atoms with Gasteiger partial charge in [0.1, 0.15) is 15.8 Å². The summed E-state index contributed by atoms with van der Waals surface area (Å²) < 4.78 is 7.11. The number of hydrogen-bond acceptors (Lipinski definition) is 9. The first-order valence-electron chi connectivity index (χ1n) is 11.3. The summed E-state index contributed by atoms with van der Waals surface area (Å²) in [7, 11) is 1.62. The molecule has 1 N–H and O–H groups in total. The average molecular weight is 504 g/mol. The molecule has 182 valence electrons. The molecule has 0 spiro atoms. The molecule has 2 aromatic heterocycles. The SMILES string of the molecule is COCCCN1C(=O)C(=Cc2c(N3CCN(CCO)CC3)nc3c(C)cccn3c2=O)SC1=S. The zero-order chi connectivity index (χ0) is 24.2. The predicted octanol–water partition coefficient (Wildman–Crippen LogP) is 1.35. The Balaban J connectivity index is 1.74. The highest BCUT2D eigenvalue weighted by Gasteiger charge is 2.33. The highest BCUT2D eigenvalue weighted by atomic mass is 32.2. The minimum Gasteiger partial charge on any atom is -0.395 e. The summed E-state index contributed by atoms with van der Waals surface area (Å²) in [5, 5.41) is 9.25. The number of aliphatic hydroxyl groups excluding tert-OH is 1. The number of aromatic nitrogens is 2. The normalized spacial score (nSPS) is 18.6. The number of amides is 1. The molecule has 2 fully saturated rings. The van der Waals surface area contributed by atoms with Gasteiger partial charge in [0.05, 0.1) is 17.1 Å². The summed E-state index contributed by atoms with van der Waals surface area (Å²) in [6.07, 6.45) is 4.03. The number of carbonyl (C=O) groups excluding carboxylic acids is 1. The third-order valence-corrected chi connectivity index (χ3v) is 7.41. The van der Waals surface area contributed by atoms with Crippen LogP contribution in [0.15, 0.2) is 28.0 Å². The lowest BCUT2D eigenvalue weighted by Crippen LogP contribution is -2.48. The first-order chi connectivity index (χ1) is 16.4. The van der Waals surface area contributed by atoms with Gasteiger partial charge in [-0.3, -0.25) is 23.8 Å². The van der Waals surface area contributed by atoms with Gasteiger partial charge in [0.2, 0.25) is 0 Å². The number of methoxy groups -OCH3 is 1. The summed E-state index contributed by atoms with van der Waals surface area (Å²) in [6.45, 7) is 6.55. The number of β-amino-alcohol motifs (C(OH)–C–C–N with tert-alkyl or cyclic N) is 1. The van der Waals surface area contributed by atoms with Gasteiger partial charge in [-0.25, -0.2) is 4.98 Å². The quantitative estimate of drug-likeness (QED) is 0.326. The van der Waals surface area contributed by atoms with Crippen LogP contribution >= 0.6 is 24.0 Å². The van der Waals surface area contributed by atoms with Crippen LogP contribution in [0, 0.1) is 6.92 Å². The number of aryl methyl sites for hydroxylation is 1. The number of rotatable bonds is 8. The molecule has 0 bridgehead atoms. The number of fused-ring (bicyclic) bond motifs is 1. The monoisotopic (exact) mass is 503 g/mol. The van der Waals surface area contributed by atoms with Gasteiger partial charge in [-0.2, -0.15) is 0 Å². The molecule has 1 amide bonds. The first-order valence-corrected chi connectivity index (χ1v) is 12.5. The molecule has 4 heterocycles. The number of thioether (sulfide) groups is 1. The molecule has 11 heteroatoms. The van der Waals surface area contributed by atoms with Crippen LogP contribution in [-0.4, -0.2) is 94.1 Å². The fourth-order valence-corrected chi connectivity index (χ4v) is 5.47. The van der Waals surface area contributed by atoms with E-state index in [9.17, 15) is 14.7 Å². The number of pyridine rings is 1. The van der Waals surface area contributed by atoms with Gasteiger partial charge in [0.25, 0.3) is 11.5 Å². The van der Waals surface area contributed by atoms with E-state index >= 15 is 0 Å². The standard InChI is InChI=1S/C23H29N5O4S2/c1-16-5-3-6-27-19(16)24-20(26-10-8-25(9-11-26)12-13-29)17(21(27)30)15-18-22(31)28(23(33)34-18)7-4-14-32-2/h3,5-6,15,29H,4,7-14H2,1-2H3. The van der Waals surface area contributed by atoms with Crippen molar-refractivity contribution in [2.45, 2.75) is 13.3 Å². The topological polar surface area (TPSA) is 90.6 Å². The second kappa shape index (κ2) is 11.0.